The Bertz CT molecular complexity index is 1910. The van der Waals surface area contributed by atoms with Crippen molar-refractivity contribution in [1.29, 1.82) is 0 Å². The molecule has 3 aromatic carbocycles. The monoisotopic (exact) mass is 595 g/mol. The number of anilines is 1. The summed E-state index contributed by atoms with van der Waals surface area (Å²) in [5.41, 5.74) is 4.94. The predicted molar refractivity (Wildman–Crippen MR) is 173 cm³/mol. The predicted octanol–water partition coefficient (Wildman–Crippen LogP) is 5.65. The van der Waals surface area contributed by atoms with Crippen molar-refractivity contribution in [2.24, 2.45) is 4.99 Å². The van der Waals surface area contributed by atoms with Crippen molar-refractivity contribution >= 4 is 39.8 Å². The number of fused-ring (bicyclic) bond motifs is 2. The fraction of sp³-hybridized carbons (Fsp3) is 0.343. The minimum Gasteiger partial charge on any atom is -0.496 e. The van der Waals surface area contributed by atoms with Gasteiger partial charge in [-0.15, -0.1) is 0 Å². The third kappa shape index (κ3) is 5.29. The highest BCUT2D eigenvalue weighted by molar-refractivity contribution is 7.07. The van der Waals surface area contributed by atoms with Gasteiger partial charge in [-0.25, -0.2) is 9.79 Å². The van der Waals surface area contributed by atoms with Gasteiger partial charge in [0.1, 0.15) is 11.8 Å². The highest BCUT2D eigenvalue weighted by Gasteiger charge is 2.37. The first-order valence-corrected chi connectivity index (χ1v) is 15.9. The molecular weight excluding hydrogens is 558 g/mol. The first-order valence-electron chi connectivity index (χ1n) is 15.1. The van der Waals surface area contributed by atoms with E-state index in [1.54, 1.807) is 18.6 Å². The molecule has 8 heteroatoms. The molecule has 0 spiro atoms. The number of benzene rings is 3. The van der Waals surface area contributed by atoms with E-state index in [0.717, 1.165) is 47.0 Å². The summed E-state index contributed by atoms with van der Waals surface area (Å²) in [4.78, 5) is 36.0. The maximum absolute atomic E-state index is 14.4. The Labute approximate surface area is 255 Å². The minimum absolute atomic E-state index is 0.191. The van der Waals surface area contributed by atoms with Gasteiger partial charge in [-0.1, -0.05) is 61.1 Å². The number of aromatic nitrogens is 1. The van der Waals surface area contributed by atoms with Crippen LogP contribution in [-0.2, 0) is 9.53 Å². The molecule has 1 aromatic heterocycles. The molecule has 0 amide bonds. The summed E-state index contributed by atoms with van der Waals surface area (Å²) in [6, 6.07) is 17.6. The summed E-state index contributed by atoms with van der Waals surface area (Å²) in [6.45, 7) is 8.32. The molecule has 7 nitrogen and oxygen atoms in total. The van der Waals surface area contributed by atoms with Crippen molar-refractivity contribution in [1.82, 2.24) is 4.57 Å². The van der Waals surface area contributed by atoms with Gasteiger partial charge in [0.15, 0.2) is 4.80 Å². The van der Waals surface area contributed by atoms with Crippen LogP contribution in [0.25, 0.3) is 16.8 Å². The third-order valence-corrected chi connectivity index (χ3v) is 9.31. The number of aryl methyl sites for hydroxylation is 1. The summed E-state index contributed by atoms with van der Waals surface area (Å²) in [7, 11) is 1.62. The van der Waals surface area contributed by atoms with E-state index >= 15 is 0 Å². The van der Waals surface area contributed by atoms with Crippen LogP contribution in [0.2, 0.25) is 0 Å². The largest absolute Gasteiger partial charge is 0.496 e. The van der Waals surface area contributed by atoms with Crippen molar-refractivity contribution < 1.29 is 14.3 Å². The summed E-state index contributed by atoms with van der Waals surface area (Å²) in [6.07, 6.45) is 5.77. The fourth-order valence-electron chi connectivity index (χ4n) is 6.26. The number of nitrogens with zero attached hydrogens (tertiary/aromatic N) is 3. The Kier molecular flexibility index (Phi) is 8.21. The highest BCUT2D eigenvalue weighted by atomic mass is 32.1. The number of thiazole rings is 1. The SMILES string of the molecule is CCCC1=C(C(=O)OCC)[C@@H](c2c(OC)ccc3ccccc23)n2c(s/c(=C/c3ccc(N4CCCC4)cc3C)c2=O)=N1. The molecule has 3 heterocycles. The van der Waals surface area contributed by atoms with Crippen molar-refractivity contribution in [3.63, 3.8) is 0 Å². The van der Waals surface area contributed by atoms with E-state index in [1.165, 1.54) is 29.9 Å². The first kappa shape index (κ1) is 28.9. The molecule has 1 atom stereocenters. The quantitative estimate of drug-likeness (QED) is 0.246. The maximum Gasteiger partial charge on any atom is 0.338 e. The van der Waals surface area contributed by atoms with E-state index in [4.69, 9.17) is 14.5 Å². The van der Waals surface area contributed by atoms with E-state index in [9.17, 15) is 9.59 Å². The molecule has 0 bridgehead atoms. The van der Waals surface area contributed by atoms with Crippen molar-refractivity contribution in [3.05, 3.63) is 102 Å². The molecule has 0 saturated carbocycles. The zero-order chi connectivity index (χ0) is 30.1. The van der Waals surface area contributed by atoms with Gasteiger partial charge >= 0.3 is 5.97 Å². The zero-order valence-corrected chi connectivity index (χ0v) is 26.0. The molecule has 0 radical (unpaired) electrons. The second-order valence-electron chi connectivity index (χ2n) is 11.1. The molecule has 6 rings (SSSR count). The Hall–Kier alpha value is -4.17. The topological polar surface area (TPSA) is 73.1 Å². The minimum atomic E-state index is -0.751. The van der Waals surface area contributed by atoms with Crippen LogP contribution in [0.5, 0.6) is 5.75 Å². The number of methoxy groups -OCH3 is 1. The van der Waals surface area contributed by atoms with Crippen molar-refractivity contribution in [3.8, 4) is 5.75 Å². The molecule has 2 aliphatic rings. The number of ether oxygens (including phenoxy) is 2. The lowest BCUT2D eigenvalue weighted by molar-refractivity contribution is -0.139. The van der Waals surface area contributed by atoms with Gasteiger partial charge in [-0.3, -0.25) is 9.36 Å². The number of rotatable bonds is 8. The van der Waals surface area contributed by atoms with Crippen LogP contribution in [-0.4, -0.2) is 37.3 Å². The second kappa shape index (κ2) is 12.2. The number of hydrogen-bond acceptors (Lipinski definition) is 7. The van der Waals surface area contributed by atoms with E-state index in [1.807, 2.05) is 42.5 Å². The van der Waals surface area contributed by atoms with Crippen LogP contribution < -0.4 is 24.5 Å². The Balaban J connectivity index is 1.60. The lowest BCUT2D eigenvalue weighted by Gasteiger charge is -2.28. The molecule has 1 saturated heterocycles. The number of carbonyl (C=O) groups excluding carboxylic acids is 1. The van der Waals surface area contributed by atoms with Crippen molar-refractivity contribution in [2.45, 2.75) is 52.5 Å². The number of esters is 1. The number of allylic oxidation sites excluding steroid dienone is 1. The molecular formula is C35H37N3O4S. The standard InChI is InChI=1S/C35H37N3O4S/c1-5-11-27-31(34(40)42-6-2)32(30-26-13-8-7-12-23(26)15-17-28(30)41-4)38-33(39)29(43-35(38)36-27)21-24-14-16-25(20-22(24)3)37-18-9-10-19-37/h7-8,12-17,20-21,32H,5-6,9-11,18-19H2,1-4H3/b29-21+/t32-/m1/s1. The Morgan fingerprint density at radius 3 is 2.60 bits per heavy atom. The van der Waals surface area contributed by atoms with Gasteiger partial charge in [0, 0.05) is 24.3 Å². The van der Waals surface area contributed by atoms with E-state index in [0.29, 0.717) is 32.8 Å². The summed E-state index contributed by atoms with van der Waals surface area (Å²) >= 11 is 1.36. The first-order chi connectivity index (χ1) is 20.9. The molecule has 4 aromatic rings. The van der Waals surface area contributed by atoms with E-state index in [-0.39, 0.29) is 12.2 Å². The van der Waals surface area contributed by atoms with E-state index in [2.05, 4.69) is 36.9 Å². The van der Waals surface area contributed by atoms with Crippen LogP contribution >= 0.6 is 11.3 Å². The third-order valence-electron chi connectivity index (χ3n) is 8.33. The summed E-state index contributed by atoms with van der Waals surface area (Å²) in [5, 5.41) is 1.90. The van der Waals surface area contributed by atoms with Gasteiger partial charge in [0.2, 0.25) is 0 Å². The Morgan fingerprint density at radius 2 is 1.88 bits per heavy atom. The van der Waals surface area contributed by atoms with Gasteiger partial charge in [0.05, 0.1) is 29.5 Å². The van der Waals surface area contributed by atoms with Crippen LogP contribution in [0.1, 0.15) is 62.3 Å². The average molecular weight is 596 g/mol. The lowest BCUT2D eigenvalue weighted by Crippen LogP contribution is -2.40. The smallest absolute Gasteiger partial charge is 0.338 e. The van der Waals surface area contributed by atoms with Crippen molar-refractivity contribution in [2.75, 3.05) is 31.7 Å². The van der Waals surface area contributed by atoms with E-state index < -0.39 is 12.0 Å². The second-order valence-corrected chi connectivity index (χ2v) is 12.1. The molecule has 1 fully saturated rings. The fourth-order valence-corrected chi connectivity index (χ4v) is 7.28. The zero-order valence-electron chi connectivity index (χ0n) is 25.2. The normalized spacial score (nSPS) is 16.9. The van der Waals surface area contributed by atoms with Crippen LogP contribution in [0, 0.1) is 6.92 Å². The summed E-state index contributed by atoms with van der Waals surface area (Å²) < 4.78 is 13.7. The van der Waals surface area contributed by atoms with Crippen LogP contribution in [0.4, 0.5) is 5.69 Å². The highest BCUT2D eigenvalue weighted by Crippen LogP contribution is 2.41. The van der Waals surface area contributed by atoms with Gasteiger partial charge in [0.25, 0.3) is 5.56 Å². The average Bonchev–Trinajstić information content (AvgIpc) is 3.66. The van der Waals surface area contributed by atoms with Crippen LogP contribution in [0.3, 0.4) is 0 Å². The Morgan fingerprint density at radius 1 is 1.09 bits per heavy atom. The lowest BCUT2D eigenvalue weighted by atomic mass is 9.90. The van der Waals surface area contributed by atoms with Gasteiger partial charge in [-0.05, 0) is 79.3 Å². The molecule has 0 aliphatic carbocycles. The van der Waals surface area contributed by atoms with Gasteiger partial charge < -0.3 is 14.4 Å². The summed E-state index contributed by atoms with van der Waals surface area (Å²) in [5.74, 6) is 0.142. The molecule has 0 N–H and O–H groups in total. The van der Waals surface area contributed by atoms with Crippen LogP contribution in [0.15, 0.2) is 75.7 Å². The molecule has 43 heavy (non-hydrogen) atoms. The maximum atomic E-state index is 14.4. The molecule has 2 aliphatic heterocycles. The number of hydrogen-bond donors (Lipinski definition) is 0. The number of carbonyl (C=O) groups is 1. The molecule has 222 valence electrons. The molecule has 0 unspecified atom stereocenters. The van der Waals surface area contributed by atoms with Gasteiger partial charge in [-0.2, -0.15) is 0 Å².